The van der Waals surface area contributed by atoms with Crippen LogP contribution in [0, 0.1) is 0 Å². The molecule has 0 aromatic heterocycles. The molecule has 3 N–H and O–H groups in total. The zero-order valence-corrected chi connectivity index (χ0v) is 24.6. The number of aromatic carboxylic acids is 1. The second-order valence-electron chi connectivity index (χ2n) is 10.9. The number of halogens is 1. The van der Waals surface area contributed by atoms with E-state index in [0.29, 0.717) is 31.6 Å². The van der Waals surface area contributed by atoms with Crippen molar-refractivity contribution in [2.75, 3.05) is 13.1 Å². The van der Waals surface area contributed by atoms with E-state index in [9.17, 15) is 14.4 Å². The number of nitrogens with one attached hydrogen (secondary N) is 2. The number of amides is 2. The Bertz CT molecular complexity index is 1370. The molecule has 0 bridgehead atoms. The normalized spacial score (nSPS) is 13.8. The van der Waals surface area contributed by atoms with Gasteiger partial charge in [-0.2, -0.15) is 0 Å². The zero-order valence-electron chi connectivity index (χ0n) is 23.7. The fraction of sp³-hybridized carbons (Fsp3) is 0.344. The van der Waals surface area contributed by atoms with Gasteiger partial charge in [0, 0.05) is 31.7 Å². The Morgan fingerprint density at radius 2 is 1.56 bits per heavy atom. The van der Waals surface area contributed by atoms with Gasteiger partial charge in [-0.1, -0.05) is 54.6 Å². The second-order valence-corrected chi connectivity index (χ2v) is 10.9. The van der Waals surface area contributed by atoms with Crippen molar-refractivity contribution in [1.29, 1.82) is 0 Å². The van der Waals surface area contributed by atoms with Crippen LogP contribution in [0.2, 0.25) is 0 Å². The number of carboxylic acids is 1. The van der Waals surface area contributed by atoms with Gasteiger partial charge in [0.1, 0.15) is 5.60 Å². The molecule has 0 radical (unpaired) electrons. The highest BCUT2D eigenvalue weighted by Gasteiger charge is 2.27. The molecule has 41 heavy (non-hydrogen) atoms. The quantitative estimate of drug-likeness (QED) is 0.384. The van der Waals surface area contributed by atoms with Crippen LogP contribution in [0.5, 0.6) is 0 Å². The van der Waals surface area contributed by atoms with E-state index in [2.05, 4.69) is 16.7 Å². The van der Waals surface area contributed by atoms with Crippen LogP contribution in [0.25, 0.3) is 0 Å². The molecule has 2 aliphatic rings. The van der Waals surface area contributed by atoms with Gasteiger partial charge in [-0.3, -0.25) is 4.79 Å². The summed E-state index contributed by atoms with van der Waals surface area (Å²) in [5, 5.41) is 15.5. The van der Waals surface area contributed by atoms with Crippen molar-refractivity contribution in [2.24, 2.45) is 0 Å². The summed E-state index contributed by atoms with van der Waals surface area (Å²) in [5.41, 5.74) is 5.86. The van der Waals surface area contributed by atoms with Crippen molar-refractivity contribution in [2.45, 2.75) is 58.8 Å². The third kappa shape index (κ3) is 8.55. The third-order valence-electron chi connectivity index (χ3n) is 6.83. The van der Waals surface area contributed by atoms with E-state index >= 15 is 0 Å². The maximum Gasteiger partial charge on any atom is 0.410 e. The zero-order chi connectivity index (χ0) is 28.7. The van der Waals surface area contributed by atoms with Crippen molar-refractivity contribution in [3.05, 3.63) is 106 Å². The Morgan fingerprint density at radius 1 is 0.902 bits per heavy atom. The molecule has 218 valence electrons. The van der Waals surface area contributed by atoms with Gasteiger partial charge in [-0.25, -0.2) is 9.59 Å². The fourth-order valence-corrected chi connectivity index (χ4v) is 4.91. The van der Waals surface area contributed by atoms with E-state index in [1.807, 2.05) is 69.3 Å². The maximum absolute atomic E-state index is 12.4. The number of rotatable bonds is 4. The molecular weight excluding hydrogens is 542 g/mol. The van der Waals surface area contributed by atoms with Crippen LogP contribution in [0.4, 0.5) is 4.79 Å². The van der Waals surface area contributed by atoms with Crippen LogP contribution in [0.1, 0.15) is 69.3 Å². The molecule has 0 saturated heterocycles. The van der Waals surface area contributed by atoms with Crippen molar-refractivity contribution in [3.63, 3.8) is 0 Å². The van der Waals surface area contributed by atoms with Crippen LogP contribution in [-0.4, -0.2) is 46.7 Å². The van der Waals surface area contributed by atoms with Crippen LogP contribution in [0.3, 0.4) is 0 Å². The molecule has 0 unspecified atom stereocenters. The number of benzene rings is 3. The first-order chi connectivity index (χ1) is 19.1. The highest BCUT2D eigenvalue weighted by atomic mass is 35.5. The van der Waals surface area contributed by atoms with Gasteiger partial charge in [0.15, 0.2) is 0 Å². The first-order valence-corrected chi connectivity index (χ1v) is 13.6. The summed E-state index contributed by atoms with van der Waals surface area (Å²) in [6.45, 7) is 8.71. The minimum Gasteiger partial charge on any atom is -0.478 e. The molecular formula is C32H38ClN3O5. The SMILES string of the molecule is CC(C)(C)OC(=O)N1CCc2c(cccc2C(=O)O)C1.Cl.O=C(NCc1ccccc1)c1cccc2c1CCNC2. The number of carbonyl (C=O) groups excluding carboxylic acids is 2. The number of nitrogens with zero attached hydrogens (tertiary/aromatic N) is 1. The summed E-state index contributed by atoms with van der Waals surface area (Å²) in [5.74, 6) is -0.903. The summed E-state index contributed by atoms with van der Waals surface area (Å²) in [6.07, 6.45) is 1.10. The first-order valence-electron chi connectivity index (χ1n) is 13.6. The standard InChI is InChI=1S/C17H18N2O.C15H19NO4.ClH/c20-17(19-11-13-5-2-1-3-6-13)16-8-4-7-14-12-18-10-9-15(14)16;1-15(2,3)20-14(19)16-8-7-11-10(9-16)5-4-6-12(11)13(17)18;/h1-8,18H,9-12H2,(H,19,20);4-6H,7-9H2,1-3H3,(H,17,18);1H. The molecule has 8 nitrogen and oxygen atoms in total. The largest absolute Gasteiger partial charge is 0.478 e. The van der Waals surface area contributed by atoms with Crippen LogP contribution in [0.15, 0.2) is 66.7 Å². The molecule has 5 rings (SSSR count). The Balaban J connectivity index is 0.000000220. The van der Waals surface area contributed by atoms with Gasteiger partial charge >= 0.3 is 12.1 Å². The number of carboxylic acid groups (broad SMARTS) is 1. The Labute approximate surface area is 247 Å². The lowest BCUT2D eigenvalue weighted by Gasteiger charge is -2.31. The van der Waals surface area contributed by atoms with Gasteiger partial charge in [-0.15, -0.1) is 12.4 Å². The van der Waals surface area contributed by atoms with E-state index in [4.69, 9.17) is 9.84 Å². The molecule has 0 saturated carbocycles. The predicted molar refractivity (Wildman–Crippen MR) is 160 cm³/mol. The topological polar surface area (TPSA) is 108 Å². The van der Waals surface area contributed by atoms with E-state index < -0.39 is 11.6 Å². The summed E-state index contributed by atoms with van der Waals surface area (Å²) in [7, 11) is 0. The van der Waals surface area contributed by atoms with Gasteiger partial charge in [0.05, 0.1) is 5.56 Å². The van der Waals surface area contributed by atoms with Crippen molar-refractivity contribution < 1.29 is 24.2 Å². The van der Waals surface area contributed by atoms with Gasteiger partial charge in [0.25, 0.3) is 5.91 Å². The first kappa shape index (κ1) is 31.6. The molecule has 0 fully saturated rings. The van der Waals surface area contributed by atoms with Gasteiger partial charge < -0.3 is 25.4 Å². The average Bonchev–Trinajstić information content (AvgIpc) is 2.95. The van der Waals surface area contributed by atoms with E-state index in [1.165, 1.54) is 11.1 Å². The Hall–Kier alpha value is -3.88. The van der Waals surface area contributed by atoms with Gasteiger partial charge in [0.2, 0.25) is 0 Å². The summed E-state index contributed by atoms with van der Waals surface area (Å²) in [4.78, 5) is 37.2. The second kappa shape index (κ2) is 14.1. The van der Waals surface area contributed by atoms with E-state index in [-0.39, 0.29) is 24.4 Å². The summed E-state index contributed by atoms with van der Waals surface area (Å²) in [6, 6.07) is 21.1. The average molecular weight is 580 g/mol. The number of hydrogen-bond acceptors (Lipinski definition) is 5. The van der Waals surface area contributed by atoms with Crippen LogP contribution in [-0.2, 0) is 37.2 Å². The van der Waals surface area contributed by atoms with E-state index in [0.717, 1.165) is 41.8 Å². The lowest BCUT2D eigenvalue weighted by Crippen LogP contribution is -2.40. The molecule has 0 aliphatic carbocycles. The lowest BCUT2D eigenvalue weighted by atomic mass is 9.95. The molecule has 2 heterocycles. The molecule has 3 aromatic rings. The van der Waals surface area contributed by atoms with Crippen LogP contribution >= 0.6 is 12.4 Å². The number of fused-ring (bicyclic) bond motifs is 2. The lowest BCUT2D eigenvalue weighted by molar-refractivity contribution is 0.0223. The number of carbonyl (C=O) groups is 3. The Kier molecular flexibility index (Phi) is 10.9. The van der Waals surface area contributed by atoms with Crippen LogP contribution < -0.4 is 10.6 Å². The third-order valence-corrected chi connectivity index (χ3v) is 6.83. The fourth-order valence-electron chi connectivity index (χ4n) is 4.91. The smallest absolute Gasteiger partial charge is 0.410 e. The van der Waals surface area contributed by atoms with Crippen molar-refractivity contribution in [3.8, 4) is 0 Å². The molecule has 0 spiro atoms. The number of hydrogen-bond donors (Lipinski definition) is 3. The predicted octanol–water partition coefficient (Wildman–Crippen LogP) is 5.36. The van der Waals surface area contributed by atoms with Crippen molar-refractivity contribution in [1.82, 2.24) is 15.5 Å². The molecule has 9 heteroatoms. The molecule has 2 amide bonds. The van der Waals surface area contributed by atoms with Gasteiger partial charge in [-0.05, 0) is 80.1 Å². The Morgan fingerprint density at radius 3 is 2.24 bits per heavy atom. The minimum atomic E-state index is -0.924. The van der Waals surface area contributed by atoms with E-state index in [1.54, 1.807) is 17.0 Å². The molecule has 2 aliphatic heterocycles. The maximum atomic E-state index is 12.4. The summed E-state index contributed by atoms with van der Waals surface area (Å²) >= 11 is 0. The summed E-state index contributed by atoms with van der Waals surface area (Å²) < 4.78 is 5.34. The highest BCUT2D eigenvalue weighted by molar-refractivity contribution is 5.96. The van der Waals surface area contributed by atoms with Crippen molar-refractivity contribution >= 4 is 30.4 Å². The highest BCUT2D eigenvalue weighted by Crippen LogP contribution is 2.24. The molecule has 3 aromatic carbocycles. The monoisotopic (exact) mass is 579 g/mol. The molecule has 0 atom stereocenters. The minimum absolute atomic E-state index is 0. The number of ether oxygens (including phenoxy) is 1.